The summed E-state index contributed by atoms with van der Waals surface area (Å²) < 4.78 is 12.7. The molecule has 30 heavy (non-hydrogen) atoms. The van der Waals surface area contributed by atoms with E-state index in [9.17, 15) is 4.79 Å². The van der Waals surface area contributed by atoms with Gasteiger partial charge in [0, 0.05) is 17.6 Å². The number of carboxylic acid groups (broad SMARTS) is 1. The maximum Gasteiger partial charge on any atom is 0.335 e. The van der Waals surface area contributed by atoms with E-state index in [-0.39, 0.29) is 5.56 Å². The lowest BCUT2D eigenvalue weighted by Gasteiger charge is -2.15. The van der Waals surface area contributed by atoms with Gasteiger partial charge < -0.3 is 19.9 Å². The third-order valence-electron chi connectivity index (χ3n) is 4.50. The molecule has 0 atom stereocenters. The zero-order valence-corrected chi connectivity index (χ0v) is 18.3. The first-order chi connectivity index (χ1) is 14.6. The van der Waals surface area contributed by atoms with E-state index in [0.717, 1.165) is 21.2 Å². The lowest BCUT2D eigenvalue weighted by molar-refractivity contribution is 0.0697. The van der Waals surface area contributed by atoms with Crippen molar-refractivity contribution in [2.45, 2.75) is 26.6 Å². The van der Waals surface area contributed by atoms with Crippen molar-refractivity contribution < 1.29 is 19.4 Å². The maximum atomic E-state index is 10.9. The highest BCUT2D eigenvalue weighted by molar-refractivity contribution is 9.10. The molecule has 0 heterocycles. The molecule has 0 bridgehead atoms. The van der Waals surface area contributed by atoms with Crippen molar-refractivity contribution in [3.8, 4) is 11.5 Å². The number of halogens is 1. The van der Waals surface area contributed by atoms with E-state index in [0.29, 0.717) is 37.8 Å². The van der Waals surface area contributed by atoms with Gasteiger partial charge in [-0.2, -0.15) is 0 Å². The molecule has 0 fully saturated rings. The predicted molar refractivity (Wildman–Crippen MR) is 120 cm³/mol. The number of rotatable bonds is 10. The van der Waals surface area contributed by atoms with E-state index in [2.05, 4.69) is 21.2 Å². The largest absolute Gasteiger partial charge is 0.490 e. The summed E-state index contributed by atoms with van der Waals surface area (Å²) in [6.45, 7) is 4.22. The number of hydrogen-bond acceptors (Lipinski definition) is 4. The normalized spacial score (nSPS) is 10.6. The van der Waals surface area contributed by atoms with Crippen LogP contribution in [0.2, 0.25) is 0 Å². The Morgan fingerprint density at radius 3 is 2.30 bits per heavy atom. The summed E-state index contributed by atoms with van der Waals surface area (Å²) in [5.41, 5.74) is 3.45. The van der Waals surface area contributed by atoms with Crippen molar-refractivity contribution in [3.63, 3.8) is 0 Å². The van der Waals surface area contributed by atoms with Crippen molar-refractivity contribution >= 4 is 21.9 Å². The Morgan fingerprint density at radius 2 is 1.63 bits per heavy atom. The van der Waals surface area contributed by atoms with Crippen LogP contribution in [0.1, 0.15) is 34.0 Å². The highest BCUT2D eigenvalue weighted by Gasteiger charge is 2.11. The Balaban J connectivity index is 1.64. The van der Waals surface area contributed by atoms with Crippen LogP contribution >= 0.6 is 15.9 Å². The van der Waals surface area contributed by atoms with Crippen molar-refractivity contribution in [1.29, 1.82) is 0 Å². The number of ether oxygens (including phenoxy) is 2. The number of carbonyl (C=O) groups is 1. The van der Waals surface area contributed by atoms with E-state index in [1.807, 2.05) is 61.5 Å². The number of nitrogens with one attached hydrogen (secondary N) is 1. The third-order valence-corrected chi connectivity index (χ3v) is 5.23. The van der Waals surface area contributed by atoms with Crippen LogP contribution in [0.3, 0.4) is 0 Å². The molecule has 0 aromatic heterocycles. The van der Waals surface area contributed by atoms with Crippen LogP contribution < -0.4 is 14.8 Å². The molecule has 6 heteroatoms. The summed E-state index contributed by atoms with van der Waals surface area (Å²) in [6, 6.07) is 20.8. The molecule has 0 saturated heterocycles. The molecular weight excluding hydrogens is 446 g/mol. The number of hydrogen-bond donors (Lipinski definition) is 2. The van der Waals surface area contributed by atoms with Gasteiger partial charge in [0.1, 0.15) is 6.61 Å². The van der Waals surface area contributed by atoms with Gasteiger partial charge in [-0.25, -0.2) is 4.79 Å². The zero-order valence-electron chi connectivity index (χ0n) is 16.7. The summed E-state index contributed by atoms with van der Waals surface area (Å²) in [7, 11) is 0. The van der Waals surface area contributed by atoms with Crippen molar-refractivity contribution in [2.24, 2.45) is 0 Å². The SMILES string of the molecule is CCOc1cc(CNCc2ccc(C(=O)O)cc2)c(Br)cc1OCc1ccccc1. The van der Waals surface area contributed by atoms with Crippen LogP contribution in [0.4, 0.5) is 0 Å². The van der Waals surface area contributed by atoms with E-state index < -0.39 is 5.97 Å². The van der Waals surface area contributed by atoms with Gasteiger partial charge in [0.05, 0.1) is 12.2 Å². The molecule has 5 nitrogen and oxygen atoms in total. The minimum atomic E-state index is -0.920. The molecule has 3 aromatic rings. The Bertz CT molecular complexity index is 975. The van der Waals surface area contributed by atoms with Crippen LogP contribution in [0, 0.1) is 0 Å². The first-order valence-electron chi connectivity index (χ1n) is 9.71. The van der Waals surface area contributed by atoms with Crippen molar-refractivity contribution in [3.05, 3.63) is 93.5 Å². The molecule has 0 aliphatic heterocycles. The first kappa shape index (κ1) is 21.9. The maximum absolute atomic E-state index is 10.9. The lowest BCUT2D eigenvalue weighted by Crippen LogP contribution is -2.13. The van der Waals surface area contributed by atoms with Gasteiger partial charge >= 0.3 is 5.97 Å². The Hall–Kier alpha value is -2.83. The molecule has 0 amide bonds. The van der Waals surface area contributed by atoms with Crippen LogP contribution in [0.25, 0.3) is 0 Å². The highest BCUT2D eigenvalue weighted by Crippen LogP contribution is 2.34. The van der Waals surface area contributed by atoms with Crippen molar-refractivity contribution in [1.82, 2.24) is 5.32 Å². The monoisotopic (exact) mass is 469 g/mol. The molecule has 156 valence electrons. The predicted octanol–water partition coefficient (Wildman–Crippen LogP) is 5.41. The first-order valence-corrected chi connectivity index (χ1v) is 10.5. The van der Waals surface area contributed by atoms with E-state index in [1.54, 1.807) is 12.1 Å². The van der Waals surface area contributed by atoms with Gasteiger partial charge in [-0.3, -0.25) is 0 Å². The Morgan fingerprint density at radius 1 is 0.933 bits per heavy atom. The second kappa shape index (κ2) is 10.8. The van der Waals surface area contributed by atoms with Crippen LogP contribution in [-0.4, -0.2) is 17.7 Å². The molecule has 0 aliphatic carbocycles. The zero-order chi connectivity index (χ0) is 21.3. The Labute approximate surface area is 184 Å². The number of benzene rings is 3. The smallest absolute Gasteiger partial charge is 0.335 e. The summed E-state index contributed by atoms with van der Waals surface area (Å²) in [5, 5.41) is 12.4. The topological polar surface area (TPSA) is 67.8 Å². The lowest BCUT2D eigenvalue weighted by atomic mass is 10.1. The fraction of sp³-hybridized carbons (Fsp3) is 0.208. The van der Waals surface area contributed by atoms with Crippen LogP contribution in [-0.2, 0) is 19.7 Å². The Kier molecular flexibility index (Phi) is 7.88. The van der Waals surface area contributed by atoms with Gasteiger partial charge in [0.25, 0.3) is 0 Å². The third kappa shape index (κ3) is 6.08. The molecule has 3 rings (SSSR count). The van der Waals surface area contributed by atoms with Gasteiger partial charge in [-0.05, 0) is 47.9 Å². The number of carboxylic acids is 1. The molecule has 0 aliphatic rings. The second-order valence-electron chi connectivity index (χ2n) is 6.70. The summed E-state index contributed by atoms with van der Waals surface area (Å²) >= 11 is 3.63. The van der Waals surface area contributed by atoms with Gasteiger partial charge in [-0.1, -0.05) is 58.4 Å². The van der Waals surface area contributed by atoms with Gasteiger partial charge in [0.15, 0.2) is 11.5 Å². The molecule has 0 unspecified atom stereocenters. The van der Waals surface area contributed by atoms with E-state index in [1.165, 1.54) is 0 Å². The van der Waals surface area contributed by atoms with Crippen LogP contribution in [0.5, 0.6) is 11.5 Å². The van der Waals surface area contributed by atoms with Crippen LogP contribution in [0.15, 0.2) is 71.2 Å². The fourth-order valence-corrected chi connectivity index (χ4v) is 3.40. The molecule has 2 N–H and O–H groups in total. The number of aromatic carboxylic acids is 1. The molecule has 0 radical (unpaired) electrons. The van der Waals surface area contributed by atoms with Gasteiger partial charge in [-0.15, -0.1) is 0 Å². The molecule has 0 spiro atoms. The molecular formula is C24H24BrNO4. The quantitative estimate of drug-likeness (QED) is 0.415. The molecule has 3 aromatic carbocycles. The summed E-state index contributed by atoms with van der Waals surface area (Å²) in [4.78, 5) is 10.9. The average molecular weight is 470 g/mol. The van der Waals surface area contributed by atoms with Gasteiger partial charge in [0.2, 0.25) is 0 Å². The van der Waals surface area contributed by atoms with Crippen molar-refractivity contribution in [2.75, 3.05) is 6.61 Å². The second-order valence-corrected chi connectivity index (χ2v) is 7.56. The minimum Gasteiger partial charge on any atom is -0.490 e. The van der Waals surface area contributed by atoms with E-state index >= 15 is 0 Å². The average Bonchev–Trinajstić information content (AvgIpc) is 2.76. The summed E-state index contributed by atoms with van der Waals surface area (Å²) in [5.74, 6) is 0.483. The minimum absolute atomic E-state index is 0.286. The van der Waals surface area contributed by atoms with E-state index in [4.69, 9.17) is 14.6 Å². The fourth-order valence-electron chi connectivity index (χ4n) is 2.94. The summed E-state index contributed by atoms with van der Waals surface area (Å²) in [6.07, 6.45) is 0. The standard InChI is InChI=1S/C24H24BrNO4/c1-2-29-22-12-20(15-26-14-17-8-10-19(11-9-17)24(27)28)21(25)13-23(22)30-16-18-6-4-3-5-7-18/h3-13,26H,2,14-16H2,1H3,(H,27,28). The molecule has 0 saturated carbocycles. The highest BCUT2D eigenvalue weighted by atomic mass is 79.9.